The van der Waals surface area contributed by atoms with E-state index in [4.69, 9.17) is 4.74 Å². The van der Waals surface area contributed by atoms with Crippen LogP contribution in [0.2, 0.25) is 0 Å². The van der Waals surface area contributed by atoms with Crippen molar-refractivity contribution in [2.45, 2.75) is 52.1 Å². The molecule has 2 aromatic rings. The molecule has 2 fully saturated rings. The maximum Gasteiger partial charge on any atom is 0.318 e. The third kappa shape index (κ3) is 3.18. The number of carbonyl (C=O) groups excluding carboxylic acids is 1. The molecule has 4 rings (SSSR count). The zero-order chi connectivity index (χ0) is 18.9. The van der Waals surface area contributed by atoms with E-state index in [1.54, 1.807) is 6.07 Å². The molecule has 2 aliphatic heterocycles. The lowest BCUT2D eigenvalue weighted by atomic mass is 9.83. The molecule has 5 nitrogen and oxygen atoms in total. The largest absolute Gasteiger partial charge is 0.376 e. The number of halogens is 1. The van der Waals surface area contributed by atoms with Crippen LogP contribution in [0, 0.1) is 5.82 Å². The average Bonchev–Trinajstić information content (AvgIpc) is 2.93. The minimum absolute atomic E-state index is 0.0557. The van der Waals surface area contributed by atoms with E-state index in [2.05, 4.69) is 10.3 Å². The molecule has 2 N–H and O–H groups in total. The number of hydrogen-bond donors (Lipinski definition) is 2. The van der Waals surface area contributed by atoms with Gasteiger partial charge in [0.1, 0.15) is 5.82 Å². The molecule has 26 heavy (non-hydrogen) atoms. The predicted octanol–water partition coefficient (Wildman–Crippen LogP) is 4.14. The fourth-order valence-corrected chi connectivity index (χ4v) is 3.53. The number of ether oxygens (including phenoxy) is 1. The molecule has 142 valence electrons. The molecule has 0 saturated carbocycles. The first kappa shape index (κ1) is 18.7. The van der Waals surface area contributed by atoms with Crippen LogP contribution in [0.25, 0.3) is 10.9 Å². The van der Waals surface area contributed by atoms with Crippen molar-refractivity contribution >= 4 is 16.9 Å². The van der Waals surface area contributed by atoms with Crippen LogP contribution in [0.3, 0.4) is 0 Å². The second-order valence-electron chi connectivity index (χ2n) is 7.19. The number of fused-ring (bicyclic) bond motifs is 1. The summed E-state index contributed by atoms with van der Waals surface area (Å²) in [5.74, 6) is -0.0484. The maximum absolute atomic E-state index is 14.1. The summed E-state index contributed by atoms with van der Waals surface area (Å²) in [6, 6.07) is 5.25. The number of urea groups is 1. The second-order valence-corrected chi connectivity index (χ2v) is 7.19. The average molecular weight is 361 g/mol. The number of aromatic nitrogens is 1. The van der Waals surface area contributed by atoms with Gasteiger partial charge < -0.3 is 19.9 Å². The fourth-order valence-electron chi connectivity index (χ4n) is 3.53. The molecule has 2 aliphatic rings. The van der Waals surface area contributed by atoms with E-state index in [0.717, 1.165) is 29.6 Å². The number of carbonyl (C=O) groups is 1. The zero-order valence-corrected chi connectivity index (χ0v) is 16.0. The molecule has 6 heteroatoms. The summed E-state index contributed by atoms with van der Waals surface area (Å²) in [6.45, 7) is 10.4. The fraction of sp³-hybridized carbons (Fsp3) is 0.550. The Balaban J connectivity index is 0.000000948. The summed E-state index contributed by atoms with van der Waals surface area (Å²) in [5, 5.41) is 3.77. The van der Waals surface area contributed by atoms with E-state index in [9.17, 15) is 9.18 Å². The van der Waals surface area contributed by atoms with Crippen molar-refractivity contribution in [3.8, 4) is 0 Å². The third-order valence-corrected chi connectivity index (χ3v) is 5.21. The first-order chi connectivity index (χ1) is 12.5. The summed E-state index contributed by atoms with van der Waals surface area (Å²) in [7, 11) is 0. The van der Waals surface area contributed by atoms with E-state index in [1.165, 1.54) is 0 Å². The second kappa shape index (κ2) is 7.27. The van der Waals surface area contributed by atoms with E-state index >= 15 is 0 Å². The number of benzene rings is 1. The number of hydrogen-bond acceptors (Lipinski definition) is 2. The van der Waals surface area contributed by atoms with Gasteiger partial charge in [-0.2, -0.15) is 0 Å². The Labute approximate surface area is 153 Å². The van der Waals surface area contributed by atoms with Gasteiger partial charge in [0.2, 0.25) is 0 Å². The van der Waals surface area contributed by atoms with Crippen LogP contribution < -0.4 is 5.32 Å². The van der Waals surface area contributed by atoms with Crippen molar-refractivity contribution in [1.29, 1.82) is 0 Å². The normalized spacial score (nSPS) is 17.5. The van der Waals surface area contributed by atoms with Crippen LogP contribution in [0.4, 0.5) is 9.18 Å². The summed E-state index contributed by atoms with van der Waals surface area (Å²) in [6.07, 6.45) is 1.02. The van der Waals surface area contributed by atoms with Gasteiger partial charge in [-0.3, -0.25) is 0 Å². The number of rotatable bonds is 3. The molecule has 0 radical (unpaired) electrons. The lowest BCUT2D eigenvalue weighted by Crippen LogP contribution is -2.73. The topological polar surface area (TPSA) is 57.4 Å². The van der Waals surface area contributed by atoms with Gasteiger partial charge in [0.15, 0.2) is 0 Å². The van der Waals surface area contributed by atoms with Crippen molar-refractivity contribution in [1.82, 2.24) is 15.2 Å². The molecule has 1 aromatic carbocycles. The SMILES string of the molecule is CC.CC(C)c1cc2[nH]c(CNC(=O)N3CCC34COC4)cc2cc1F. The van der Waals surface area contributed by atoms with E-state index in [1.807, 2.05) is 44.7 Å². The van der Waals surface area contributed by atoms with Crippen LogP contribution >= 0.6 is 0 Å². The molecule has 1 aromatic heterocycles. The summed E-state index contributed by atoms with van der Waals surface area (Å²) in [4.78, 5) is 17.4. The van der Waals surface area contributed by atoms with Crippen molar-refractivity contribution in [2.75, 3.05) is 19.8 Å². The molecule has 0 bridgehead atoms. The number of aromatic amines is 1. The quantitative estimate of drug-likeness (QED) is 0.863. The molecule has 3 heterocycles. The molecule has 1 spiro atoms. The maximum atomic E-state index is 14.1. The molecule has 2 saturated heterocycles. The predicted molar refractivity (Wildman–Crippen MR) is 101 cm³/mol. The van der Waals surface area contributed by atoms with Gasteiger partial charge in [-0.05, 0) is 36.1 Å². The highest BCUT2D eigenvalue weighted by Crippen LogP contribution is 2.37. The minimum atomic E-state index is -0.181. The standard InChI is InChI=1S/C18H22FN3O2.C2H6/c1-11(2)14-7-16-12(6-15(14)19)5-13(21-16)8-20-17(23)22-4-3-18(22)9-24-10-18;1-2/h5-7,11,21H,3-4,8-10H2,1-2H3,(H,20,23);1-2H3. The molecule has 0 atom stereocenters. The Bertz CT molecular complexity index is 790. The first-order valence-electron chi connectivity index (χ1n) is 9.43. The summed E-state index contributed by atoms with van der Waals surface area (Å²) < 4.78 is 19.3. The van der Waals surface area contributed by atoms with E-state index in [-0.39, 0.29) is 23.3 Å². The highest BCUT2D eigenvalue weighted by atomic mass is 19.1. The Morgan fingerprint density at radius 2 is 2.08 bits per heavy atom. The lowest BCUT2D eigenvalue weighted by molar-refractivity contribution is -0.170. The number of H-pyrrole nitrogens is 1. The van der Waals surface area contributed by atoms with Gasteiger partial charge in [0.25, 0.3) is 0 Å². The van der Waals surface area contributed by atoms with Crippen LogP contribution in [0.5, 0.6) is 0 Å². The minimum Gasteiger partial charge on any atom is -0.376 e. The molecular formula is C20H28FN3O2. The Hall–Kier alpha value is -2.08. The van der Waals surface area contributed by atoms with Crippen molar-refractivity contribution in [2.24, 2.45) is 0 Å². The highest BCUT2D eigenvalue weighted by Gasteiger charge is 2.52. The summed E-state index contributed by atoms with van der Waals surface area (Å²) in [5.41, 5.74) is 2.42. The molecule has 2 amide bonds. The lowest BCUT2D eigenvalue weighted by Gasteiger charge is -2.57. The molecule has 0 unspecified atom stereocenters. The zero-order valence-electron chi connectivity index (χ0n) is 16.0. The summed E-state index contributed by atoms with van der Waals surface area (Å²) >= 11 is 0. The Morgan fingerprint density at radius 3 is 2.62 bits per heavy atom. The smallest absolute Gasteiger partial charge is 0.318 e. The highest BCUT2D eigenvalue weighted by molar-refractivity contribution is 5.82. The van der Waals surface area contributed by atoms with Crippen LogP contribution in [0.15, 0.2) is 18.2 Å². The van der Waals surface area contributed by atoms with Gasteiger partial charge in [0, 0.05) is 23.1 Å². The van der Waals surface area contributed by atoms with Gasteiger partial charge in [0.05, 0.1) is 25.3 Å². The number of nitrogens with zero attached hydrogens (tertiary/aromatic N) is 1. The van der Waals surface area contributed by atoms with E-state index < -0.39 is 0 Å². The van der Waals surface area contributed by atoms with Crippen molar-refractivity contribution in [3.05, 3.63) is 35.3 Å². The van der Waals surface area contributed by atoms with Gasteiger partial charge >= 0.3 is 6.03 Å². The molecule has 0 aliphatic carbocycles. The van der Waals surface area contributed by atoms with Crippen LogP contribution in [-0.2, 0) is 11.3 Å². The van der Waals surface area contributed by atoms with Gasteiger partial charge in [-0.25, -0.2) is 9.18 Å². The van der Waals surface area contributed by atoms with E-state index in [0.29, 0.717) is 25.3 Å². The van der Waals surface area contributed by atoms with Crippen LogP contribution in [0.1, 0.15) is 51.3 Å². The number of nitrogens with one attached hydrogen (secondary N) is 2. The Morgan fingerprint density at radius 1 is 1.35 bits per heavy atom. The van der Waals surface area contributed by atoms with Crippen LogP contribution in [-0.4, -0.2) is 41.2 Å². The monoisotopic (exact) mass is 361 g/mol. The first-order valence-corrected chi connectivity index (χ1v) is 9.43. The van der Waals surface area contributed by atoms with Gasteiger partial charge in [-0.15, -0.1) is 0 Å². The number of amides is 2. The van der Waals surface area contributed by atoms with Gasteiger partial charge in [-0.1, -0.05) is 27.7 Å². The Kier molecular flexibility index (Phi) is 5.23. The van der Waals surface area contributed by atoms with Crippen molar-refractivity contribution in [3.63, 3.8) is 0 Å². The van der Waals surface area contributed by atoms with Crippen molar-refractivity contribution < 1.29 is 13.9 Å². The molecular weight excluding hydrogens is 333 g/mol. The number of likely N-dealkylation sites (tertiary alicyclic amines) is 1. The third-order valence-electron chi connectivity index (χ3n) is 5.21.